The van der Waals surface area contributed by atoms with Crippen LogP contribution in [0.1, 0.15) is 0 Å². The molecule has 1 aliphatic heterocycles. The Morgan fingerprint density at radius 1 is 1.50 bits per heavy atom. The SMILES string of the molecule is COCC1CN(CC(=O)O)CC1C(F)(F)F. The summed E-state index contributed by atoms with van der Waals surface area (Å²) in [6.45, 7) is -0.499. The van der Waals surface area contributed by atoms with Crippen LogP contribution in [0.4, 0.5) is 13.2 Å². The Balaban J connectivity index is 2.64. The van der Waals surface area contributed by atoms with Crippen LogP contribution >= 0.6 is 0 Å². The van der Waals surface area contributed by atoms with Gasteiger partial charge in [-0.25, -0.2) is 0 Å². The number of methoxy groups -OCH3 is 1. The molecule has 2 atom stereocenters. The Bertz CT molecular complexity index is 257. The van der Waals surface area contributed by atoms with E-state index in [9.17, 15) is 18.0 Å². The van der Waals surface area contributed by atoms with E-state index in [4.69, 9.17) is 9.84 Å². The minimum Gasteiger partial charge on any atom is -0.480 e. The van der Waals surface area contributed by atoms with E-state index in [2.05, 4.69) is 0 Å². The van der Waals surface area contributed by atoms with Gasteiger partial charge in [0.25, 0.3) is 0 Å². The number of aliphatic carboxylic acids is 1. The lowest BCUT2D eigenvalue weighted by atomic mass is 9.96. The van der Waals surface area contributed by atoms with Crippen molar-refractivity contribution in [3.63, 3.8) is 0 Å². The third-order valence-electron chi connectivity index (χ3n) is 2.68. The first kappa shape index (κ1) is 13.2. The molecule has 1 saturated heterocycles. The third-order valence-corrected chi connectivity index (χ3v) is 2.68. The molecule has 0 amide bonds. The molecule has 1 rings (SSSR count). The number of carboxylic acids is 1. The summed E-state index contributed by atoms with van der Waals surface area (Å²) in [7, 11) is 1.34. The minimum absolute atomic E-state index is 0.000293. The Kier molecular flexibility index (Phi) is 4.15. The molecule has 94 valence electrons. The van der Waals surface area contributed by atoms with Gasteiger partial charge >= 0.3 is 12.1 Å². The van der Waals surface area contributed by atoms with Crippen LogP contribution in [0, 0.1) is 11.8 Å². The molecule has 0 radical (unpaired) electrons. The van der Waals surface area contributed by atoms with Crippen molar-refractivity contribution in [2.75, 3.05) is 33.4 Å². The first-order valence-electron chi connectivity index (χ1n) is 4.84. The number of carboxylic acid groups (broad SMARTS) is 1. The highest BCUT2D eigenvalue weighted by atomic mass is 19.4. The second-order valence-corrected chi connectivity index (χ2v) is 3.95. The van der Waals surface area contributed by atoms with Crippen LogP contribution in [0.25, 0.3) is 0 Å². The molecule has 0 bridgehead atoms. The average molecular weight is 241 g/mol. The van der Waals surface area contributed by atoms with Gasteiger partial charge in [0, 0.05) is 26.1 Å². The molecular formula is C9H14F3NO3. The standard InChI is InChI=1S/C9H14F3NO3/c1-16-5-6-2-13(4-8(14)15)3-7(6)9(10,11)12/h6-7H,2-5H2,1H3,(H,14,15). The Morgan fingerprint density at radius 2 is 2.12 bits per heavy atom. The molecule has 1 heterocycles. The quantitative estimate of drug-likeness (QED) is 0.792. The predicted molar refractivity (Wildman–Crippen MR) is 49.0 cm³/mol. The van der Waals surface area contributed by atoms with Crippen molar-refractivity contribution in [3.05, 3.63) is 0 Å². The lowest BCUT2D eigenvalue weighted by Crippen LogP contribution is -2.32. The molecule has 0 aliphatic carbocycles. The zero-order valence-electron chi connectivity index (χ0n) is 8.83. The van der Waals surface area contributed by atoms with Gasteiger partial charge in [-0.05, 0) is 0 Å². The Morgan fingerprint density at radius 3 is 2.56 bits per heavy atom. The van der Waals surface area contributed by atoms with Crippen molar-refractivity contribution >= 4 is 5.97 Å². The van der Waals surface area contributed by atoms with Crippen molar-refractivity contribution in [1.29, 1.82) is 0 Å². The summed E-state index contributed by atoms with van der Waals surface area (Å²) in [5.74, 6) is -3.28. The highest BCUT2D eigenvalue weighted by Gasteiger charge is 2.49. The summed E-state index contributed by atoms with van der Waals surface area (Å²) in [4.78, 5) is 11.7. The van der Waals surface area contributed by atoms with E-state index in [1.54, 1.807) is 0 Å². The minimum atomic E-state index is -4.30. The first-order valence-corrected chi connectivity index (χ1v) is 4.84. The fourth-order valence-corrected chi connectivity index (χ4v) is 2.03. The number of carbonyl (C=O) groups is 1. The monoisotopic (exact) mass is 241 g/mol. The Labute approximate surface area is 91.0 Å². The van der Waals surface area contributed by atoms with E-state index in [1.165, 1.54) is 12.0 Å². The van der Waals surface area contributed by atoms with Crippen LogP contribution in [0.5, 0.6) is 0 Å². The number of halogens is 3. The maximum atomic E-state index is 12.6. The summed E-state index contributed by atoms with van der Waals surface area (Å²) in [5.41, 5.74) is 0. The summed E-state index contributed by atoms with van der Waals surface area (Å²) in [5, 5.41) is 8.52. The van der Waals surface area contributed by atoms with Crippen molar-refractivity contribution < 1.29 is 27.8 Å². The maximum absolute atomic E-state index is 12.6. The van der Waals surface area contributed by atoms with Crippen molar-refractivity contribution in [3.8, 4) is 0 Å². The molecule has 16 heavy (non-hydrogen) atoms. The molecule has 0 aromatic carbocycles. The molecule has 4 nitrogen and oxygen atoms in total. The molecule has 0 saturated carbocycles. The molecular weight excluding hydrogens is 227 g/mol. The number of rotatable bonds is 4. The smallest absolute Gasteiger partial charge is 0.393 e. The van der Waals surface area contributed by atoms with Gasteiger partial charge in [0.2, 0.25) is 0 Å². The first-order chi connectivity index (χ1) is 7.34. The number of hydrogen-bond donors (Lipinski definition) is 1. The van der Waals surface area contributed by atoms with Gasteiger partial charge in [0.15, 0.2) is 0 Å². The van der Waals surface area contributed by atoms with Crippen molar-refractivity contribution in [2.24, 2.45) is 11.8 Å². The maximum Gasteiger partial charge on any atom is 0.393 e. The van der Waals surface area contributed by atoms with Crippen LogP contribution in [0.3, 0.4) is 0 Å². The summed E-state index contributed by atoms with van der Waals surface area (Å²) in [6, 6.07) is 0. The topological polar surface area (TPSA) is 49.8 Å². The molecule has 7 heteroatoms. The van der Waals surface area contributed by atoms with Crippen LogP contribution < -0.4 is 0 Å². The van der Waals surface area contributed by atoms with Gasteiger partial charge in [0.1, 0.15) is 0 Å². The van der Waals surface area contributed by atoms with E-state index in [1.807, 2.05) is 0 Å². The van der Waals surface area contributed by atoms with E-state index in [0.717, 1.165) is 0 Å². The number of likely N-dealkylation sites (tertiary alicyclic amines) is 1. The summed E-state index contributed by atoms with van der Waals surface area (Å²) in [6.07, 6.45) is -4.30. The van der Waals surface area contributed by atoms with Crippen molar-refractivity contribution in [1.82, 2.24) is 4.90 Å². The summed E-state index contributed by atoms with van der Waals surface area (Å²) >= 11 is 0. The fourth-order valence-electron chi connectivity index (χ4n) is 2.03. The molecule has 0 aromatic heterocycles. The Hall–Kier alpha value is -0.820. The van der Waals surface area contributed by atoms with E-state index in [0.29, 0.717) is 0 Å². The van der Waals surface area contributed by atoms with E-state index >= 15 is 0 Å². The predicted octanol–water partition coefficient (Wildman–Crippen LogP) is 0.828. The average Bonchev–Trinajstić information content (AvgIpc) is 2.46. The molecule has 0 aromatic rings. The zero-order valence-corrected chi connectivity index (χ0v) is 8.83. The fraction of sp³-hybridized carbons (Fsp3) is 0.889. The van der Waals surface area contributed by atoms with Crippen LogP contribution in [-0.2, 0) is 9.53 Å². The lowest BCUT2D eigenvalue weighted by molar-refractivity contribution is -0.183. The van der Waals surface area contributed by atoms with Gasteiger partial charge < -0.3 is 9.84 Å². The zero-order chi connectivity index (χ0) is 12.3. The van der Waals surface area contributed by atoms with Gasteiger partial charge in [-0.1, -0.05) is 0 Å². The lowest BCUT2D eigenvalue weighted by Gasteiger charge is -2.20. The normalized spacial score (nSPS) is 27.2. The van der Waals surface area contributed by atoms with Gasteiger partial charge in [-0.2, -0.15) is 13.2 Å². The van der Waals surface area contributed by atoms with Gasteiger partial charge in [0.05, 0.1) is 19.1 Å². The molecule has 1 fully saturated rings. The number of nitrogens with zero attached hydrogens (tertiary/aromatic N) is 1. The second-order valence-electron chi connectivity index (χ2n) is 3.95. The molecule has 0 spiro atoms. The van der Waals surface area contributed by atoms with Crippen LogP contribution in [0.15, 0.2) is 0 Å². The van der Waals surface area contributed by atoms with E-state index < -0.39 is 24.0 Å². The molecule has 1 N–H and O–H groups in total. The second kappa shape index (κ2) is 5.01. The number of hydrogen-bond acceptors (Lipinski definition) is 3. The van der Waals surface area contributed by atoms with Crippen LogP contribution in [-0.4, -0.2) is 55.5 Å². The summed E-state index contributed by atoms with van der Waals surface area (Å²) < 4.78 is 42.6. The van der Waals surface area contributed by atoms with Gasteiger partial charge in [-0.15, -0.1) is 0 Å². The van der Waals surface area contributed by atoms with Crippen molar-refractivity contribution in [2.45, 2.75) is 6.18 Å². The highest BCUT2D eigenvalue weighted by molar-refractivity contribution is 5.69. The van der Waals surface area contributed by atoms with E-state index in [-0.39, 0.29) is 26.2 Å². The largest absolute Gasteiger partial charge is 0.480 e. The highest BCUT2D eigenvalue weighted by Crippen LogP contribution is 2.37. The van der Waals surface area contributed by atoms with Gasteiger partial charge in [-0.3, -0.25) is 9.69 Å². The third kappa shape index (κ3) is 3.34. The molecule has 2 unspecified atom stereocenters. The number of ether oxygens (including phenoxy) is 1. The van der Waals surface area contributed by atoms with Crippen LogP contribution in [0.2, 0.25) is 0 Å². The molecule has 1 aliphatic rings. The number of alkyl halides is 3.